The van der Waals surface area contributed by atoms with E-state index in [1.807, 2.05) is 30.3 Å². The van der Waals surface area contributed by atoms with Gasteiger partial charge in [-0.3, -0.25) is 4.79 Å². The summed E-state index contributed by atoms with van der Waals surface area (Å²) in [6, 6.07) is 18.2. The lowest BCUT2D eigenvalue weighted by atomic mass is 10.1. The van der Waals surface area contributed by atoms with Crippen LogP contribution in [0.3, 0.4) is 0 Å². The standard InChI is InChI=1S/C19H13BrCl2N2OS.ClH/c20-13-3-10-17(23-11-13)24-19(25)18(12-1-4-14(21)5-2-12)26-16-8-6-15(22)7-9-16;/h1-11,18H,(H,23,24,25);1H. The molecule has 0 aliphatic heterocycles. The lowest BCUT2D eigenvalue weighted by Crippen LogP contribution is -2.19. The van der Waals surface area contributed by atoms with E-state index in [0.717, 1.165) is 14.9 Å². The number of hydrogen-bond acceptors (Lipinski definition) is 3. The van der Waals surface area contributed by atoms with E-state index in [1.165, 1.54) is 11.8 Å². The third-order valence-electron chi connectivity index (χ3n) is 3.46. The summed E-state index contributed by atoms with van der Waals surface area (Å²) in [7, 11) is 0. The lowest BCUT2D eigenvalue weighted by Gasteiger charge is -2.17. The number of benzene rings is 2. The molecule has 0 saturated carbocycles. The summed E-state index contributed by atoms with van der Waals surface area (Å²) in [5.41, 5.74) is 0.851. The first-order valence-corrected chi connectivity index (χ1v) is 10.0. The van der Waals surface area contributed by atoms with E-state index in [0.29, 0.717) is 15.9 Å². The maximum Gasteiger partial charge on any atom is 0.243 e. The van der Waals surface area contributed by atoms with Crippen LogP contribution in [-0.4, -0.2) is 10.9 Å². The van der Waals surface area contributed by atoms with Crippen LogP contribution in [0.4, 0.5) is 5.82 Å². The van der Waals surface area contributed by atoms with Crippen LogP contribution < -0.4 is 5.32 Å². The molecule has 27 heavy (non-hydrogen) atoms. The van der Waals surface area contributed by atoms with Gasteiger partial charge in [-0.2, -0.15) is 0 Å². The van der Waals surface area contributed by atoms with Crippen LogP contribution in [0.25, 0.3) is 0 Å². The van der Waals surface area contributed by atoms with Crippen LogP contribution in [0, 0.1) is 0 Å². The number of rotatable bonds is 5. The number of carbonyl (C=O) groups is 1. The van der Waals surface area contributed by atoms with Crippen molar-refractivity contribution in [1.29, 1.82) is 0 Å². The fraction of sp³-hybridized carbons (Fsp3) is 0.0526. The van der Waals surface area contributed by atoms with Crippen molar-refractivity contribution in [3.8, 4) is 0 Å². The van der Waals surface area contributed by atoms with Crippen molar-refractivity contribution in [3.05, 3.63) is 86.9 Å². The Labute approximate surface area is 186 Å². The average Bonchev–Trinajstić information content (AvgIpc) is 2.64. The first-order chi connectivity index (χ1) is 12.5. The second-order valence-electron chi connectivity index (χ2n) is 5.35. The van der Waals surface area contributed by atoms with Crippen LogP contribution in [-0.2, 0) is 4.79 Å². The first kappa shape index (κ1) is 22.1. The van der Waals surface area contributed by atoms with Gasteiger partial charge in [-0.1, -0.05) is 35.3 Å². The zero-order valence-corrected chi connectivity index (χ0v) is 18.5. The Morgan fingerprint density at radius 3 is 2.11 bits per heavy atom. The van der Waals surface area contributed by atoms with Gasteiger partial charge in [0.15, 0.2) is 0 Å². The van der Waals surface area contributed by atoms with Crippen molar-refractivity contribution in [2.45, 2.75) is 10.1 Å². The molecule has 1 heterocycles. The Morgan fingerprint density at radius 1 is 0.963 bits per heavy atom. The number of anilines is 1. The molecule has 3 nitrogen and oxygen atoms in total. The number of nitrogens with one attached hydrogen (secondary N) is 1. The number of thioether (sulfide) groups is 1. The fourth-order valence-electron chi connectivity index (χ4n) is 2.20. The van der Waals surface area contributed by atoms with Crippen molar-refractivity contribution in [2.24, 2.45) is 0 Å². The highest BCUT2D eigenvalue weighted by Gasteiger charge is 2.22. The summed E-state index contributed by atoms with van der Waals surface area (Å²) >= 11 is 16.7. The maximum absolute atomic E-state index is 12.9. The zero-order valence-electron chi connectivity index (χ0n) is 13.7. The number of amides is 1. The maximum atomic E-state index is 12.9. The van der Waals surface area contributed by atoms with Crippen LogP contribution in [0.5, 0.6) is 0 Å². The Balaban J connectivity index is 0.00000261. The summed E-state index contributed by atoms with van der Waals surface area (Å²) in [5, 5.41) is 3.68. The Kier molecular flexibility index (Phi) is 8.45. The molecule has 1 aromatic heterocycles. The molecule has 0 bridgehead atoms. The molecule has 0 saturated heterocycles. The summed E-state index contributed by atoms with van der Waals surface area (Å²) in [6.45, 7) is 0. The average molecular weight is 505 g/mol. The molecule has 3 rings (SSSR count). The van der Waals surface area contributed by atoms with E-state index in [1.54, 1.807) is 36.5 Å². The van der Waals surface area contributed by atoms with E-state index in [9.17, 15) is 4.79 Å². The Hall–Kier alpha value is -1.24. The van der Waals surface area contributed by atoms with Crippen molar-refractivity contribution in [3.63, 3.8) is 0 Å². The minimum Gasteiger partial charge on any atom is -0.309 e. The van der Waals surface area contributed by atoms with Gasteiger partial charge < -0.3 is 5.32 Å². The van der Waals surface area contributed by atoms with Gasteiger partial charge in [0.25, 0.3) is 0 Å². The molecule has 1 atom stereocenters. The van der Waals surface area contributed by atoms with E-state index < -0.39 is 5.25 Å². The number of pyridine rings is 1. The van der Waals surface area contributed by atoms with Gasteiger partial charge in [-0.05, 0) is 70.0 Å². The summed E-state index contributed by atoms with van der Waals surface area (Å²) in [5.74, 6) is 0.330. The van der Waals surface area contributed by atoms with Crippen LogP contribution in [0.2, 0.25) is 10.0 Å². The highest BCUT2D eigenvalue weighted by molar-refractivity contribution is 9.10. The molecule has 1 unspecified atom stereocenters. The molecule has 1 N–H and O–H groups in total. The first-order valence-electron chi connectivity index (χ1n) is 7.61. The van der Waals surface area contributed by atoms with Gasteiger partial charge in [-0.15, -0.1) is 24.2 Å². The summed E-state index contributed by atoms with van der Waals surface area (Å²) in [6.07, 6.45) is 1.64. The normalized spacial score (nSPS) is 11.4. The molecule has 140 valence electrons. The molecular weight excluding hydrogens is 491 g/mol. The number of hydrogen-bond donors (Lipinski definition) is 1. The van der Waals surface area contributed by atoms with Gasteiger partial charge in [0, 0.05) is 25.6 Å². The molecule has 0 spiro atoms. The van der Waals surface area contributed by atoms with E-state index in [4.69, 9.17) is 23.2 Å². The molecule has 3 aromatic rings. The van der Waals surface area contributed by atoms with Gasteiger partial charge in [0.1, 0.15) is 11.1 Å². The highest BCUT2D eigenvalue weighted by Crippen LogP contribution is 2.37. The van der Waals surface area contributed by atoms with Gasteiger partial charge >= 0.3 is 0 Å². The van der Waals surface area contributed by atoms with E-state index >= 15 is 0 Å². The van der Waals surface area contributed by atoms with Gasteiger partial charge in [0.2, 0.25) is 5.91 Å². The summed E-state index contributed by atoms with van der Waals surface area (Å²) in [4.78, 5) is 18.1. The molecule has 0 fully saturated rings. The van der Waals surface area contributed by atoms with Crippen molar-refractivity contribution < 1.29 is 4.79 Å². The second-order valence-corrected chi connectivity index (χ2v) is 8.32. The number of aromatic nitrogens is 1. The minimum absolute atomic E-state index is 0. The molecule has 0 aliphatic rings. The number of nitrogens with zero attached hydrogens (tertiary/aromatic N) is 1. The fourth-order valence-corrected chi connectivity index (χ4v) is 3.71. The molecular formula is C19H14BrCl3N2OS. The third-order valence-corrected chi connectivity index (χ3v) is 5.70. The van der Waals surface area contributed by atoms with Gasteiger partial charge in [0.05, 0.1) is 0 Å². The van der Waals surface area contributed by atoms with Gasteiger partial charge in [-0.25, -0.2) is 4.98 Å². The highest BCUT2D eigenvalue weighted by atomic mass is 79.9. The SMILES string of the molecule is Cl.O=C(Nc1ccc(Br)cn1)C(Sc1ccc(Cl)cc1)c1ccc(Cl)cc1. The molecule has 1 amide bonds. The quantitative estimate of drug-likeness (QED) is 0.379. The Morgan fingerprint density at radius 2 is 1.56 bits per heavy atom. The van der Waals surface area contributed by atoms with Crippen LogP contribution >= 0.6 is 63.3 Å². The van der Waals surface area contributed by atoms with Crippen molar-refractivity contribution in [2.75, 3.05) is 5.32 Å². The lowest BCUT2D eigenvalue weighted by molar-refractivity contribution is -0.115. The minimum atomic E-state index is -0.459. The molecule has 8 heteroatoms. The smallest absolute Gasteiger partial charge is 0.243 e. The number of carbonyl (C=O) groups excluding carboxylic acids is 1. The van der Waals surface area contributed by atoms with Crippen LogP contribution in [0.15, 0.2) is 76.2 Å². The Bertz CT molecular complexity index is 890. The van der Waals surface area contributed by atoms with E-state index in [-0.39, 0.29) is 18.3 Å². The second kappa shape index (κ2) is 10.3. The topological polar surface area (TPSA) is 42.0 Å². The number of halogens is 4. The summed E-state index contributed by atoms with van der Waals surface area (Å²) < 4.78 is 0.847. The predicted octanol–water partition coefficient (Wildman–Crippen LogP) is 7.04. The molecule has 2 aromatic carbocycles. The monoisotopic (exact) mass is 502 g/mol. The third kappa shape index (κ3) is 6.40. The van der Waals surface area contributed by atoms with Crippen LogP contribution in [0.1, 0.15) is 10.8 Å². The van der Waals surface area contributed by atoms with Crippen molar-refractivity contribution >= 4 is 75.0 Å². The molecule has 0 aliphatic carbocycles. The largest absolute Gasteiger partial charge is 0.309 e. The predicted molar refractivity (Wildman–Crippen MR) is 119 cm³/mol. The van der Waals surface area contributed by atoms with Crippen molar-refractivity contribution in [1.82, 2.24) is 4.98 Å². The van der Waals surface area contributed by atoms with E-state index in [2.05, 4.69) is 26.2 Å². The zero-order chi connectivity index (χ0) is 18.5. The molecule has 0 radical (unpaired) electrons.